The normalized spacial score (nSPS) is 11.1. The summed E-state index contributed by atoms with van der Waals surface area (Å²) in [7, 11) is 0. The van der Waals surface area contributed by atoms with Crippen molar-refractivity contribution in [1.82, 2.24) is 4.98 Å². The molecule has 0 bridgehead atoms. The van der Waals surface area contributed by atoms with Crippen LogP contribution in [-0.2, 0) is 6.42 Å². The van der Waals surface area contributed by atoms with E-state index in [2.05, 4.69) is 4.98 Å². The average molecular weight is 203 g/mol. The third-order valence-corrected chi connectivity index (χ3v) is 2.15. The Balaban J connectivity index is 2.34. The Morgan fingerprint density at radius 1 is 1.40 bits per heavy atom. The lowest BCUT2D eigenvalue weighted by atomic mass is 10.1. The van der Waals surface area contributed by atoms with E-state index >= 15 is 0 Å². The molecule has 0 saturated carbocycles. The summed E-state index contributed by atoms with van der Waals surface area (Å²) in [6.07, 6.45) is 1.75. The number of rotatable bonds is 3. The molecule has 15 heavy (non-hydrogen) atoms. The maximum atomic E-state index is 10.7. The van der Waals surface area contributed by atoms with Gasteiger partial charge in [0.15, 0.2) is 0 Å². The van der Waals surface area contributed by atoms with Gasteiger partial charge >= 0.3 is 5.82 Å². The van der Waals surface area contributed by atoms with E-state index in [0.717, 1.165) is 5.56 Å². The van der Waals surface area contributed by atoms with Gasteiger partial charge in [0.05, 0.1) is 13.1 Å². The zero-order valence-corrected chi connectivity index (χ0v) is 7.93. The molecule has 1 N–H and O–H groups in total. The van der Waals surface area contributed by atoms with Crippen molar-refractivity contribution < 1.29 is 6.29 Å². The molecule has 1 heterocycles. The van der Waals surface area contributed by atoms with Gasteiger partial charge in [0, 0.05) is 6.42 Å². The number of nitrogens with zero attached hydrogens (tertiary/aromatic N) is 1. The van der Waals surface area contributed by atoms with Crippen LogP contribution in [0.2, 0.25) is 0 Å². The van der Waals surface area contributed by atoms with Crippen LogP contribution in [0.3, 0.4) is 0 Å². The molecule has 2 aromatic rings. The molecule has 4 heteroatoms. The average Bonchev–Trinajstić information content (AvgIpc) is 2.62. The summed E-state index contributed by atoms with van der Waals surface area (Å²) in [6.45, 7) is 0. The van der Waals surface area contributed by atoms with Crippen molar-refractivity contribution >= 4 is 5.82 Å². The Bertz CT molecular complexity index is 508. The van der Waals surface area contributed by atoms with Crippen molar-refractivity contribution in [2.45, 2.75) is 6.42 Å². The minimum atomic E-state index is -0.490. The number of aromatic amines is 1. The predicted molar refractivity (Wildman–Crippen MR) is 56.7 cm³/mol. The van der Waals surface area contributed by atoms with Crippen LogP contribution in [0.25, 0.3) is 0 Å². The number of benzene rings is 1. The molecule has 0 unspecified atom stereocenters. The van der Waals surface area contributed by atoms with Crippen LogP contribution in [0.15, 0.2) is 42.6 Å². The first-order valence-corrected chi connectivity index (χ1v) is 4.53. The zero-order chi connectivity index (χ0) is 11.5. The van der Waals surface area contributed by atoms with E-state index in [1.165, 1.54) is 6.20 Å². The Hall–Kier alpha value is -2.10. The third kappa shape index (κ3) is 2.04. The molecule has 0 aliphatic rings. The molecular weight excluding hydrogens is 192 g/mol. The standard InChI is InChI=1S/C11H10N2O2/c14-13(15)11-10(6-7-12-11)8-9-4-2-1-3-5-9/h1-7,12H,8H2/i6D. The molecule has 0 atom stereocenters. The van der Waals surface area contributed by atoms with Crippen molar-refractivity contribution in [3.8, 4) is 0 Å². The first-order chi connectivity index (χ1) is 7.68. The number of hydrogen-bond acceptors (Lipinski definition) is 2. The van der Waals surface area contributed by atoms with Gasteiger partial charge in [0.25, 0.3) is 0 Å². The summed E-state index contributed by atoms with van der Waals surface area (Å²) < 4.78 is 7.60. The molecule has 0 amide bonds. The van der Waals surface area contributed by atoms with Gasteiger partial charge in [-0.2, -0.15) is 0 Å². The predicted octanol–water partition coefficient (Wildman–Crippen LogP) is 2.51. The maximum Gasteiger partial charge on any atom is 0.324 e. The van der Waals surface area contributed by atoms with Crippen LogP contribution in [0.1, 0.15) is 12.5 Å². The first-order valence-electron chi connectivity index (χ1n) is 5.03. The van der Waals surface area contributed by atoms with E-state index in [9.17, 15) is 10.1 Å². The first kappa shape index (κ1) is 8.23. The van der Waals surface area contributed by atoms with E-state index in [0.29, 0.717) is 12.0 Å². The van der Waals surface area contributed by atoms with Crippen LogP contribution in [0.4, 0.5) is 5.82 Å². The second kappa shape index (κ2) is 3.96. The van der Waals surface area contributed by atoms with Crippen molar-refractivity contribution in [3.63, 3.8) is 0 Å². The second-order valence-electron chi connectivity index (χ2n) is 3.18. The van der Waals surface area contributed by atoms with Gasteiger partial charge in [-0.1, -0.05) is 30.3 Å². The Labute approximate surface area is 88.1 Å². The van der Waals surface area contributed by atoms with E-state index < -0.39 is 4.92 Å². The molecule has 4 nitrogen and oxygen atoms in total. The molecule has 0 saturated heterocycles. The molecule has 0 radical (unpaired) electrons. The lowest BCUT2D eigenvalue weighted by Gasteiger charge is -1.99. The van der Waals surface area contributed by atoms with E-state index in [4.69, 9.17) is 1.37 Å². The van der Waals surface area contributed by atoms with Crippen LogP contribution < -0.4 is 0 Å². The smallest absolute Gasteiger partial charge is 0.324 e. The highest BCUT2D eigenvalue weighted by molar-refractivity contribution is 5.37. The second-order valence-corrected chi connectivity index (χ2v) is 3.18. The molecule has 2 rings (SSSR count). The molecule has 0 aliphatic carbocycles. The van der Waals surface area contributed by atoms with Crippen molar-refractivity contribution in [3.05, 3.63) is 63.8 Å². The fourth-order valence-corrected chi connectivity index (χ4v) is 1.44. The third-order valence-electron chi connectivity index (χ3n) is 2.15. The summed E-state index contributed by atoms with van der Waals surface area (Å²) in [6, 6.07) is 9.58. The number of H-pyrrole nitrogens is 1. The van der Waals surface area contributed by atoms with Gasteiger partial charge in [0.2, 0.25) is 0 Å². The fraction of sp³-hybridized carbons (Fsp3) is 0.0909. The molecule has 0 fully saturated rings. The minimum absolute atomic E-state index is 0.0890. The number of hydrogen-bond donors (Lipinski definition) is 1. The number of aromatic nitrogens is 1. The SMILES string of the molecule is [2H]c1c[nH]c([N+](=O)[O-])c1Cc1ccccc1. The van der Waals surface area contributed by atoms with Crippen molar-refractivity contribution in [1.29, 1.82) is 0 Å². The largest absolute Gasteiger partial charge is 0.358 e. The zero-order valence-electron chi connectivity index (χ0n) is 8.93. The Morgan fingerprint density at radius 3 is 2.80 bits per heavy atom. The highest BCUT2D eigenvalue weighted by Gasteiger charge is 2.12. The monoisotopic (exact) mass is 203 g/mol. The van der Waals surface area contributed by atoms with Gasteiger partial charge in [-0.3, -0.25) is 0 Å². The topological polar surface area (TPSA) is 58.9 Å². The van der Waals surface area contributed by atoms with E-state index in [-0.39, 0.29) is 11.9 Å². The van der Waals surface area contributed by atoms with E-state index in [1.54, 1.807) is 0 Å². The lowest BCUT2D eigenvalue weighted by Crippen LogP contribution is -1.94. The van der Waals surface area contributed by atoms with Gasteiger partial charge < -0.3 is 10.1 Å². The number of nitrogens with one attached hydrogen (secondary N) is 1. The van der Waals surface area contributed by atoms with Crippen LogP contribution >= 0.6 is 0 Å². The van der Waals surface area contributed by atoms with Gasteiger partial charge in [-0.25, -0.2) is 4.98 Å². The Kier molecular flexibility index (Phi) is 2.17. The molecule has 1 aromatic heterocycles. The maximum absolute atomic E-state index is 10.7. The highest BCUT2D eigenvalue weighted by atomic mass is 16.6. The molecule has 76 valence electrons. The van der Waals surface area contributed by atoms with Crippen molar-refractivity contribution in [2.24, 2.45) is 0 Å². The molecule has 0 aliphatic heterocycles. The minimum Gasteiger partial charge on any atom is -0.358 e. The summed E-state index contributed by atoms with van der Waals surface area (Å²) in [5.74, 6) is -0.0890. The van der Waals surface area contributed by atoms with Gasteiger partial charge in [-0.15, -0.1) is 0 Å². The fourth-order valence-electron chi connectivity index (χ4n) is 1.44. The molecule has 1 aromatic carbocycles. The summed E-state index contributed by atoms with van der Waals surface area (Å²) in [5, 5.41) is 10.7. The van der Waals surface area contributed by atoms with Gasteiger partial charge in [-0.05, 0) is 16.5 Å². The van der Waals surface area contributed by atoms with Crippen LogP contribution in [-0.4, -0.2) is 9.91 Å². The van der Waals surface area contributed by atoms with Gasteiger partial charge in [0.1, 0.15) is 0 Å². The summed E-state index contributed by atoms with van der Waals surface area (Å²) in [5.41, 5.74) is 1.38. The lowest BCUT2D eigenvalue weighted by molar-refractivity contribution is -0.389. The quantitative estimate of drug-likeness (QED) is 0.615. The van der Waals surface area contributed by atoms with Crippen LogP contribution in [0.5, 0.6) is 0 Å². The molecule has 0 spiro atoms. The van der Waals surface area contributed by atoms with Crippen molar-refractivity contribution in [2.75, 3.05) is 0 Å². The molecular formula is C11H10N2O2. The van der Waals surface area contributed by atoms with Crippen LogP contribution in [0, 0.1) is 10.1 Å². The Morgan fingerprint density at radius 2 is 2.13 bits per heavy atom. The summed E-state index contributed by atoms with van der Waals surface area (Å²) in [4.78, 5) is 12.7. The van der Waals surface area contributed by atoms with E-state index in [1.807, 2.05) is 30.3 Å². The summed E-state index contributed by atoms with van der Waals surface area (Å²) >= 11 is 0. The highest BCUT2D eigenvalue weighted by Crippen LogP contribution is 2.19. The number of nitro groups is 1.